The number of para-hydroxylation sites is 1. The number of aromatic nitrogens is 4. The van der Waals surface area contributed by atoms with E-state index in [2.05, 4.69) is 31.5 Å². The molecule has 0 amide bonds. The number of thioether (sulfide) groups is 1. The molecule has 1 unspecified atom stereocenters. The quantitative estimate of drug-likeness (QED) is 0.109. The number of halogens is 3. The first-order chi connectivity index (χ1) is 15.5. The van der Waals surface area contributed by atoms with E-state index in [1.165, 1.54) is 4.34 Å². The van der Waals surface area contributed by atoms with E-state index in [1.807, 2.05) is 52.6 Å². The number of anilines is 4. The maximum atomic E-state index is 13.7. The van der Waals surface area contributed by atoms with E-state index in [1.54, 1.807) is 36.0 Å². The molecule has 4 rings (SSSR count). The van der Waals surface area contributed by atoms with Crippen LogP contribution in [-0.2, 0) is 0 Å². The zero-order valence-electron chi connectivity index (χ0n) is 16.6. The lowest BCUT2D eigenvalue weighted by Crippen LogP contribution is -2.01. The molecule has 0 fully saturated rings. The summed E-state index contributed by atoms with van der Waals surface area (Å²) in [7, 11) is 0. The second-order valence-corrected chi connectivity index (χ2v) is 9.33. The van der Waals surface area contributed by atoms with Crippen LogP contribution in [-0.4, -0.2) is 25.5 Å². The average Bonchev–Trinajstić information content (AvgIpc) is 3.19. The Balaban J connectivity index is 1.87. The zero-order chi connectivity index (χ0) is 22.7. The highest BCUT2D eigenvalue weighted by Crippen LogP contribution is 2.39. The Labute approximate surface area is 202 Å². The summed E-state index contributed by atoms with van der Waals surface area (Å²) in [6.45, 7) is 0. The van der Waals surface area contributed by atoms with Crippen molar-refractivity contribution in [2.45, 2.75) is 11.3 Å². The molecule has 0 bridgehead atoms. The second-order valence-electron chi connectivity index (χ2n) is 6.42. The lowest BCUT2D eigenvalue weighted by Gasteiger charge is -2.13. The first-order valence-electron chi connectivity index (χ1n) is 9.23. The number of hydrogen-bond acceptors (Lipinski definition) is 6. The number of nitrogens with one attached hydrogen (secondary N) is 2. The third-order valence-corrected chi connectivity index (χ3v) is 7.30. The fraction of sp³-hybridized carbons (Fsp3) is 0.0952. The summed E-state index contributed by atoms with van der Waals surface area (Å²) in [6, 6.07) is 14.7. The van der Waals surface area contributed by atoms with Gasteiger partial charge < -0.3 is 10.6 Å². The number of rotatable bonds is 7. The summed E-state index contributed by atoms with van der Waals surface area (Å²) < 4.78 is 28.8. The lowest BCUT2D eigenvalue weighted by molar-refractivity contribution is 0.140. The number of pyridine rings is 2. The van der Waals surface area contributed by atoms with E-state index in [9.17, 15) is 8.78 Å². The molecule has 1 atom stereocenters. The van der Waals surface area contributed by atoms with Crippen LogP contribution in [0.5, 0.6) is 0 Å². The fourth-order valence-electron chi connectivity index (χ4n) is 3.06. The average molecular weight is 580 g/mol. The molecule has 11 heteroatoms. The summed E-state index contributed by atoms with van der Waals surface area (Å²) >= 11 is 3.63. The summed E-state index contributed by atoms with van der Waals surface area (Å²) in [5, 5.41) is 6.47. The summed E-state index contributed by atoms with van der Waals surface area (Å²) in [5.74, 6) is 3.11. The Kier molecular flexibility index (Phi) is 7.08. The number of terminal acetylenes is 1. The molecule has 3 aromatic heterocycles. The van der Waals surface area contributed by atoms with Crippen LogP contribution in [0.25, 0.3) is 11.2 Å². The number of nitrogens with zero attached hydrogens (tertiary/aromatic N) is 4. The number of hydrogen-bond donors (Lipinski definition) is 2. The van der Waals surface area contributed by atoms with Gasteiger partial charge in [0.15, 0.2) is 11.5 Å². The Morgan fingerprint density at radius 1 is 1.06 bits per heavy atom. The third kappa shape index (κ3) is 4.65. The van der Waals surface area contributed by atoms with Gasteiger partial charge in [0, 0.05) is 11.0 Å². The van der Waals surface area contributed by atoms with Crippen LogP contribution < -0.4 is 10.6 Å². The van der Waals surface area contributed by atoms with Crippen LogP contribution in [0.1, 0.15) is 17.9 Å². The molecule has 3 heterocycles. The summed E-state index contributed by atoms with van der Waals surface area (Å²) in [6.07, 6.45) is 4.70. The molecule has 0 saturated carbocycles. The summed E-state index contributed by atoms with van der Waals surface area (Å²) in [4.78, 5) is 14.1. The van der Waals surface area contributed by atoms with Gasteiger partial charge in [-0.05, 0) is 52.6 Å². The first-order valence-corrected chi connectivity index (χ1v) is 14.5. The molecule has 32 heavy (non-hydrogen) atoms. The smallest absolute Gasteiger partial charge is 0.295 e. The van der Waals surface area contributed by atoms with E-state index >= 15 is 0 Å². The Morgan fingerprint density at radius 2 is 1.88 bits per heavy atom. The molecular weight excluding hydrogens is 564 g/mol. The topological polar surface area (TPSA) is 67.7 Å². The second kappa shape index (κ2) is 9.98. The molecular formula is C21H16F2IN6PS. The minimum Gasteiger partial charge on any atom is -0.353 e. The fourth-order valence-corrected chi connectivity index (χ4v) is 5.51. The van der Waals surface area contributed by atoms with Crippen molar-refractivity contribution in [3.05, 3.63) is 60.0 Å². The molecule has 6 nitrogen and oxygen atoms in total. The van der Waals surface area contributed by atoms with Gasteiger partial charge >= 0.3 is 0 Å². The van der Waals surface area contributed by atoms with Crippen molar-refractivity contribution in [2.75, 3.05) is 16.9 Å². The molecule has 4 aromatic rings. The molecule has 0 saturated heterocycles. The highest BCUT2D eigenvalue weighted by molar-refractivity contribution is 14.2. The van der Waals surface area contributed by atoms with Gasteiger partial charge in [0.1, 0.15) is 22.8 Å². The van der Waals surface area contributed by atoms with Crippen LogP contribution in [0.15, 0.2) is 53.4 Å². The van der Waals surface area contributed by atoms with Crippen LogP contribution in [0.2, 0.25) is 0 Å². The Morgan fingerprint density at radius 3 is 2.59 bits per heavy atom. The number of benzene rings is 1. The van der Waals surface area contributed by atoms with E-state index in [0.29, 0.717) is 34.2 Å². The van der Waals surface area contributed by atoms with Crippen molar-refractivity contribution >= 4 is 74.4 Å². The van der Waals surface area contributed by atoms with Gasteiger partial charge in [-0.2, -0.15) is 0 Å². The van der Waals surface area contributed by atoms with E-state index in [-0.39, 0.29) is 12.2 Å². The molecule has 2 N–H and O–H groups in total. The van der Waals surface area contributed by atoms with Gasteiger partial charge in [0.2, 0.25) is 0 Å². The van der Waals surface area contributed by atoms with Gasteiger partial charge in [0.05, 0.1) is 17.7 Å². The largest absolute Gasteiger partial charge is 0.353 e. The van der Waals surface area contributed by atoms with Crippen molar-refractivity contribution in [1.82, 2.24) is 19.3 Å². The van der Waals surface area contributed by atoms with Crippen molar-refractivity contribution in [1.29, 1.82) is 0 Å². The van der Waals surface area contributed by atoms with Crippen LogP contribution in [0, 0.1) is 12.3 Å². The van der Waals surface area contributed by atoms with Crippen molar-refractivity contribution < 1.29 is 8.78 Å². The maximum absolute atomic E-state index is 13.7. The molecule has 1 aromatic carbocycles. The Hall–Kier alpha value is -2.48. The highest BCUT2D eigenvalue weighted by Gasteiger charge is 2.22. The first kappa shape index (κ1) is 22.7. The van der Waals surface area contributed by atoms with Crippen molar-refractivity contribution in [2.24, 2.45) is 0 Å². The normalized spacial score (nSPS) is 11.4. The van der Waals surface area contributed by atoms with Crippen molar-refractivity contribution in [3.63, 3.8) is 0 Å². The van der Waals surface area contributed by atoms with E-state index < -0.39 is 6.43 Å². The monoisotopic (exact) mass is 580 g/mol. The number of alkyl halides is 2. The summed E-state index contributed by atoms with van der Waals surface area (Å²) in [5.41, 5.74) is 2.60. The van der Waals surface area contributed by atoms with Crippen LogP contribution in [0.3, 0.4) is 0 Å². The molecule has 0 aliphatic heterocycles. The van der Waals surface area contributed by atoms with Crippen LogP contribution in [0.4, 0.5) is 31.8 Å². The maximum Gasteiger partial charge on any atom is 0.295 e. The molecule has 0 aliphatic rings. The van der Waals surface area contributed by atoms with Gasteiger partial charge in [-0.15, -0.1) is 18.2 Å². The zero-order valence-corrected chi connectivity index (χ0v) is 20.6. The van der Waals surface area contributed by atoms with Gasteiger partial charge in [-0.1, -0.05) is 24.1 Å². The predicted octanol–water partition coefficient (Wildman–Crippen LogP) is 6.75. The third-order valence-electron chi connectivity index (χ3n) is 4.45. The molecule has 0 radical (unpaired) electrons. The molecule has 0 aliphatic carbocycles. The van der Waals surface area contributed by atoms with E-state index in [4.69, 9.17) is 6.42 Å². The standard InChI is InChI=1S/C21H16F2IN6PS/c1-3-12-7-6-10-16(25-12)27-17-11-14(26-13-8-4-5-9-15(13)32-2)18-20(28-17)30(31-24)21(29-18)19(22)23/h1,4-11,19,31H,2H3,(H2,25,26,27,28). The highest BCUT2D eigenvalue weighted by atomic mass is 127. The lowest BCUT2D eigenvalue weighted by atomic mass is 10.2. The van der Waals surface area contributed by atoms with E-state index in [0.717, 1.165) is 10.6 Å². The van der Waals surface area contributed by atoms with Crippen molar-refractivity contribution in [3.8, 4) is 12.3 Å². The predicted molar refractivity (Wildman–Crippen MR) is 137 cm³/mol. The van der Waals surface area contributed by atoms with Gasteiger partial charge in [-0.3, -0.25) is 4.34 Å². The Bertz CT molecular complexity index is 1320. The number of fused-ring (bicyclic) bond motifs is 1. The van der Waals surface area contributed by atoms with Crippen LogP contribution >= 0.6 is 40.2 Å². The number of imidazole rings is 1. The minimum atomic E-state index is -2.72. The molecule has 162 valence electrons. The minimum absolute atomic E-state index is 0.00399. The molecule has 0 spiro atoms. The van der Waals surface area contributed by atoms with Gasteiger partial charge in [-0.25, -0.2) is 23.7 Å². The van der Waals surface area contributed by atoms with Gasteiger partial charge in [0.25, 0.3) is 6.43 Å². The SMILES string of the molecule is C#Cc1cccc(Nc2cc(Nc3ccccc3SC)c3nc(C(F)F)n(PI)c3n2)n1.